The number of phosphoric acid groups is 2. The highest BCUT2D eigenvalue weighted by atomic mass is 31.2. The maximum Gasteiger partial charge on any atom is 0.472 e. The van der Waals surface area contributed by atoms with Gasteiger partial charge in [0.05, 0.1) is 26.4 Å². The van der Waals surface area contributed by atoms with Crippen LogP contribution in [0.4, 0.5) is 0 Å². The second kappa shape index (κ2) is 74.9. The standard InChI is InChI=1S/C82H160O17P2/c1-6-10-13-16-19-22-25-27-28-31-35-38-42-46-51-56-61-66-80(85)93-72-78(99-82(87)68-63-58-53-48-43-39-36-33-30-29-32-34-37-40-44-49-54-59-64-75(5)9-4)74-97-101(90,91)95-70-76(83)69-94-100(88,89)96-73-77(71-92-79(84)65-60-55-50-45-24-21-18-15-12-8-3)98-81(86)67-62-57-52-47-41-26-23-20-17-14-11-7-2/h75-78,83H,6-74H2,1-5H3,(H,88,89)(H,90,91)/t75?,76-,77+,78+/m0/s1. The van der Waals surface area contributed by atoms with Crippen LogP contribution in [0.25, 0.3) is 0 Å². The van der Waals surface area contributed by atoms with Crippen LogP contribution in [0.1, 0.15) is 439 Å². The summed E-state index contributed by atoms with van der Waals surface area (Å²) in [6, 6.07) is 0. The number of aliphatic hydroxyl groups excluding tert-OH is 1. The fourth-order valence-electron chi connectivity index (χ4n) is 12.7. The summed E-state index contributed by atoms with van der Waals surface area (Å²) in [5.74, 6) is -1.23. The topological polar surface area (TPSA) is 237 Å². The van der Waals surface area contributed by atoms with E-state index in [1.165, 1.54) is 263 Å². The first-order chi connectivity index (χ1) is 49.1. The van der Waals surface area contributed by atoms with E-state index in [0.29, 0.717) is 25.7 Å². The number of carbonyl (C=O) groups is 4. The maximum atomic E-state index is 13.1. The van der Waals surface area contributed by atoms with Gasteiger partial charge in [-0.25, -0.2) is 9.13 Å². The van der Waals surface area contributed by atoms with E-state index >= 15 is 0 Å². The van der Waals surface area contributed by atoms with Gasteiger partial charge >= 0.3 is 39.5 Å². The predicted octanol–water partition coefficient (Wildman–Crippen LogP) is 24.8. The molecule has 0 bridgehead atoms. The molecule has 0 aromatic heterocycles. The Balaban J connectivity index is 5.20. The van der Waals surface area contributed by atoms with Gasteiger partial charge in [0, 0.05) is 25.7 Å². The Bertz CT molecular complexity index is 1930. The molecule has 0 aliphatic heterocycles. The van der Waals surface area contributed by atoms with Crippen molar-refractivity contribution < 1.29 is 80.2 Å². The fourth-order valence-corrected chi connectivity index (χ4v) is 14.3. The lowest BCUT2D eigenvalue weighted by Crippen LogP contribution is -2.30. The largest absolute Gasteiger partial charge is 0.472 e. The second-order valence-corrected chi connectivity index (χ2v) is 32.7. The summed E-state index contributed by atoms with van der Waals surface area (Å²) in [7, 11) is -9.92. The average molecular weight is 1480 g/mol. The van der Waals surface area contributed by atoms with Gasteiger partial charge in [0.1, 0.15) is 19.3 Å². The summed E-state index contributed by atoms with van der Waals surface area (Å²) in [4.78, 5) is 73.0. The van der Waals surface area contributed by atoms with Gasteiger partial charge in [-0.2, -0.15) is 0 Å². The number of phosphoric ester groups is 2. The van der Waals surface area contributed by atoms with E-state index < -0.39 is 97.5 Å². The molecule has 0 heterocycles. The summed E-state index contributed by atoms with van der Waals surface area (Å²) in [5.41, 5.74) is 0. The van der Waals surface area contributed by atoms with Crippen molar-refractivity contribution in [2.24, 2.45) is 5.92 Å². The minimum atomic E-state index is -4.96. The van der Waals surface area contributed by atoms with Crippen LogP contribution in [-0.2, 0) is 65.4 Å². The summed E-state index contributed by atoms with van der Waals surface area (Å²) in [6.07, 6.45) is 66.5. The van der Waals surface area contributed by atoms with Crippen molar-refractivity contribution in [3.63, 3.8) is 0 Å². The highest BCUT2D eigenvalue weighted by Gasteiger charge is 2.30. The molecule has 101 heavy (non-hydrogen) atoms. The Morgan fingerprint density at radius 3 is 0.703 bits per heavy atom. The van der Waals surface area contributed by atoms with Gasteiger partial charge in [-0.1, -0.05) is 388 Å². The molecule has 0 radical (unpaired) electrons. The van der Waals surface area contributed by atoms with E-state index in [-0.39, 0.29) is 25.7 Å². The third kappa shape index (κ3) is 74.7. The molecule has 3 N–H and O–H groups in total. The van der Waals surface area contributed by atoms with Crippen LogP contribution >= 0.6 is 15.6 Å². The zero-order chi connectivity index (χ0) is 74.1. The SMILES string of the molecule is CCCCCCCCCCCCCCCCCCCC(=O)OC[C@H](COP(=O)(O)OC[C@@H](O)COP(=O)(O)OC[C@@H](COC(=O)CCCCCCCCCCCC)OC(=O)CCCCCCCCCCCCCC)OC(=O)CCCCCCCCCCCCCCCCCCCCC(C)CC. The van der Waals surface area contributed by atoms with Gasteiger partial charge in [-0.3, -0.25) is 37.3 Å². The molecule has 0 aromatic rings. The first kappa shape index (κ1) is 99.1. The molecule has 17 nitrogen and oxygen atoms in total. The molecule has 0 aliphatic rings. The average Bonchev–Trinajstić information content (AvgIpc) is 1.13. The quantitative estimate of drug-likeness (QED) is 0.0222. The summed E-state index contributed by atoms with van der Waals surface area (Å²) < 4.78 is 68.7. The normalized spacial score (nSPS) is 14.1. The Kier molecular flexibility index (Phi) is 73.5. The van der Waals surface area contributed by atoms with Crippen LogP contribution in [0, 0.1) is 5.92 Å². The zero-order valence-electron chi connectivity index (χ0n) is 66.1. The highest BCUT2D eigenvalue weighted by Crippen LogP contribution is 2.45. The van der Waals surface area contributed by atoms with Crippen LogP contribution < -0.4 is 0 Å². The predicted molar refractivity (Wildman–Crippen MR) is 414 cm³/mol. The van der Waals surface area contributed by atoms with Crippen molar-refractivity contribution in [2.75, 3.05) is 39.6 Å². The number of hydrogen-bond donors (Lipinski definition) is 3. The van der Waals surface area contributed by atoms with Crippen molar-refractivity contribution in [2.45, 2.75) is 457 Å². The van der Waals surface area contributed by atoms with Crippen LogP contribution in [0.3, 0.4) is 0 Å². The molecule has 3 unspecified atom stereocenters. The van der Waals surface area contributed by atoms with Crippen LogP contribution in [0.2, 0.25) is 0 Å². The third-order valence-electron chi connectivity index (χ3n) is 19.6. The molecule has 0 amide bonds. The van der Waals surface area contributed by atoms with Crippen LogP contribution in [-0.4, -0.2) is 96.7 Å². The fraction of sp³-hybridized carbons (Fsp3) is 0.951. The third-order valence-corrected chi connectivity index (χ3v) is 21.5. The summed E-state index contributed by atoms with van der Waals surface area (Å²) >= 11 is 0. The smallest absolute Gasteiger partial charge is 0.462 e. The minimum absolute atomic E-state index is 0.108. The molecular formula is C82H160O17P2. The van der Waals surface area contributed by atoms with Crippen molar-refractivity contribution in [3.8, 4) is 0 Å². The Hall–Kier alpha value is -1.94. The van der Waals surface area contributed by atoms with Crippen molar-refractivity contribution in [3.05, 3.63) is 0 Å². The minimum Gasteiger partial charge on any atom is -0.462 e. The van der Waals surface area contributed by atoms with Gasteiger partial charge in [0.25, 0.3) is 0 Å². The number of esters is 4. The van der Waals surface area contributed by atoms with E-state index in [4.69, 9.17) is 37.0 Å². The lowest BCUT2D eigenvalue weighted by molar-refractivity contribution is -0.161. The summed E-state index contributed by atoms with van der Waals surface area (Å²) in [5, 5.41) is 10.6. The number of carbonyl (C=O) groups excluding carboxylic acids is 4. The van der Waals surface area contributed by atoms with Crippen LogP contribution in [0.5, 0.6) is 0 Å². The monoisotopic (exact) mass is 1480 g/mol. The Morgan fingerprint density at radius 1 is 0.277 bits per heavy atom. The van der Waals surface area contributed by atoms with Crippen molar-refractivity contribution >= 4 is 39.5 Å². The maximum absolute atomic E-state index is 13.1. The van der Waals surface area contributed by atoms with Crippen molar-refractivity contribution in [1.29, 1.82) is 0 Å². The van der Waals surface area contributed by atoms with Gasteiger partial charge in [0.15, 0.2) is 12.2 Å². The van der Waals surface area contributed by atoms with E-state index in [9.17, 15) is 43.2 Å². The number of hydrogen-bond acceptors (Lipinski definition) is 15. The Morgan fingerprint density at radius 2 is 0.475 bits per heavy atom. The van der Waals surface area contributed by atoms with Gasteiger partial charge in [-0.05, 0) is 31.6 Å². The molecule has 0 aliphatic carbocycles. The zero-order valence-corrected chi connectivity index (χ0v) is 67.8. The number of ether oxygens (including phenoxy) is 4. The molecule has 0 saturated carbocycles. The van der Waals surface area contributed by atoms with Gasteiger partial charge in [0.2, 0.25) is 0 Å². The number of rotatable bonds is 82. The van der Waals surface area contributed by atoms with Crippen LogP contribution in [0.15, 0.2) is 0 Å². The van der Waals surface area contributed by atoms with Crippen molar-refractivity contribution in [1.82, 2.24) is 0 Å². The molecule has 600 valence electrons. The molecular weight excluding hydrogens is 1320 g/mol. The molecule has 0 saturated heterocycles. The van der Waals surface area contributed by atoms with Gasteiger partial charge in [-0.15, -0.1) is 0 Å². The highest BCUT2D eigenvalue weighted by molar-refractivity contribution is 7.47. The first-order valence-electron chi connectivity index (χ1n) is 42.7. The second-order valence-electron chi connectivity index (χ2n) is 29.8. The summed E-state index contributed by atoms with van der Waals surface area (Å²) in [6.45, 7) is 7.39. The molecule has 0 rings (SSSR count). The van der Waals surface area contributed by atoms with E-state index in [0.717, 1.165) is 95.8 Å². The number of unbranched alkanes of at least 4 members (excludes halogenated alkanes) is 53. The number of aliphatic hydroxyl groups is 1. The van der Waals surface area contributed by atoms with E-state index in [1.807, 2.05) is 0 Å². The molecule has 6 atom stereocenters. The molecule has 0 aromatic carbocycles. The van der Waals surface area contributed by atoms with E-state index in [1.54, 1.807) is 0 Å². The van der Waals surface area contributed by atoms with Gasteiger partial charge < -0.3 is 33.8 Å². The molecule has 19 heteroatoms. The first-order valence-corrected chi connectivity index (χ1v) is 45.7. The van der Waals surface area contributed by atoms with E-state index in [2.05, 4.69) is 34.6 Å². The molecule has 0 spiro atoms. The lowest BCUT2D eigenvalue weighted by Gasteiger charge is -2.21. The Labute approximate surface area is 619 Å². The lowest BCUT2D eigenvalue weighted by atomic mass is 9.99. The molecule has 0 fully saturated rings.